The van der Waals surface area contributed by atoms with Gasteiger partial charge in [0.1, 0.15) is 11.6 Å². The topological polar surface area (TPSA) is 71.3 Å². The molecule has 6 nitrogen and oxygen atoms in total. The summed E-state index contributed by atoms with van der Waals surface area (Å²) in [6.45, 7) is 4.70. The molecule has 36 heavy (non-hydrogen) atoms. The van der Waals surface area contributed by atoms with Gasteiger partial charge in [-0.3, -0.25) is 9.59 Å². The number of piperidine rings is 2. The van der Waals surface area contributed by atoms with Gasteiger partial charge in [0.2, 0.25) is 0 Å². The summed E-state index contributed by atoms with van der Waals surface area (Å²) in [6.07, 6.45) is 6.38. The molecule has 0 aromatic heterocycles. The highest BCUT2D eigenvalue weighted by Crippen LogP contribution is 2.34. The number of likely N-dealkylation sites (tertiary alicyclic amines) is 2. The molecule has 2 aliphatic heterocycles. The number of quaternary nitrogens is 1. The Morgan fingerprint density at radius 1 is 1.06 bits per heavy atom. The van der Waals surface area contributed by atoms with Crippen molar-refractivity contribution in [1.82, 2.24) is 4.90 Å². The molecule has 4 rings (SSSR count). The van der Waals surface area contributed by atoms with Crippen LogP contribution in [-0.4, -0.2) is 61.2 Å². The minimum Gasteiger partial charge on any atom is -0.483 e. The highest BCUT2D eigenvalue weighted by atomic mass is 79.9. The molecule has 0 radical (unpaired) electrons. The van der Waals surface area contributed by atoms with E-state index in [-0.39, 0.29) is 30.2 Å². The number of carboxylic acid groups (broad SMARTS) is 1. The summed E-state index contributed by atoms with van der Waals surface area (Å²) in [5.74, 6) is -0.828. The number of halogens is 2. The van der Waals surface area contributed by atoms with Crippen molar-refractivity contribution in [3.05, 3.63) is 63.9 Å². The Labute approximate surface area is 220 Å². The molecule has 2 saturated heterocycles. The quantitative estimate of drug-likeness (QED) is 0.491. The van der Waals surface area contributed by atoms with E-state index in [2.05, 4.69) is 15.9 Å². The highest BCUT2D eigenvalue weighted by molar-refractivity contribution is 9.10. The molecule has 2 aromatic rings. The molecular formula is C28H35BrFN2O4+. The first-order valence-electron chi connectivity index (χ1n) is 12.8. The zero-order valence-electron chi connectivity index (χ0n) is 20.6. The number of hydrogen-bond acceptors (Lipinski definition) is 3. The van der Waals surface area contributed by atoms with Crippen LogP contribution in [0.3, 0.4) is 0 Å². The van der Waals surface area contributed by atoms with E-state index in [1.807, 2.05) is 17.0 Å². The normalized spacial score (nSPS) is 18.1. The second-order valence-corrected chi connectivity index (χ2v) is 11.2. The Hall–Kier alpha value is -2.45. The summed E-state index contributed by atoms with van der Waals surface area (Å²) >= 11 is 3.36. The molecule has 8 heteroatoms. The van der Waals surface area contributed by atoms with Crippen LogP contribution in [0.5, 0.6) is 5.75 Å². The zero-order valence-corrected chi connectivity index (χ0v) is 22.2. The number of benzene rings is 2. The van der Waals surface area contributed by atoms with Crippen LogP contribution in [0, 0.1) is 11.2 Å². The Morgan fingerprint density at radius 3 is 2.42 bits per heavy atom. The minimum atomic E-state index is -0.950. The van der Waals surface area contributed by atoms with Gasteiger partial charge in [-0.15, -0.1) is 0 Å². The van der Waals surface area contributed by atoms with E-state index in [1.54, 1.807) is 23.1 Å². The van der Waals surface area contributed by atoms with Crippen molar-refractivity contribution < 1.29 is 28.7 Å². The van der Waals surface area contributed by atoms with Gasteiger partial charge in [-0.05, 0) is 74.4 Å². The lowest BCUT2D eigenvalue weighted by Gasteiger charge is -2.43. The van der Waals surface area contributed by atoms with Crippen molar-refractivity contribution in [2.45, 2.75) is 44.9 Å². The summed E-state index contributed by atoms with van der Waals surface area (Å²) in [4.78, 5) is 27.7. The Bertz CT molecular complexity index is 1050. The second-order valence-electron chi connectivity index (χ2n) is 10.3. The van der Waals surface area contributed by atoms with Gasteiger partial charge >= 0.3 is 5.97 Å². The maximum atomic E-state index is 13.5. The van der Waals surface area contributed by atoms with E-state index < -0.39 is 5.97 Å². The number of nitrogens with zero attached hydrogens (tertiary/aromatic N) is 1. The van der Waals surface area contributed by atoms with E-state index in [0.29, 0.717) is 24.4 Å². The first kappa shape index (κ1) is 26.6. The number of rotatable bonds is 9. The molecule has 0 atom stereocenters. The molecule has 2 fully saturated rings. The van der Waals surface area contributed by atoms with Crippen LogP contribution in [0.15, 0.2) is 46.9 Å². The number of aliphatic carboxylic acids is 1. The predicted octanol–water partition coefficient (Wildman–Crippen LogP) is 3.51. The molecule has 0 saturated carbocycles. The van der Waals surface area contributed by atoms with Gasteiger partial charge < -0.3 is 19.6 Å². The maximum absolute atomic E-state index is 13.5. The second kappa shape index (κ2) is 12.2. The summed E-state index contributed by atoms with van der Waals surface area (Å²) in [5, 5.41) is 9.18. The number of carbonyl (C=O) groups excluding carboxylic acids is 1. The number of amides is 1. The van der Waals surface area contributed by atoms with E-state index in [1.165, 1.54) is 44.5 Å². The van der Waals surface area contributed by atoms with Gasteiger partial charge in [0, 0.05) is 28.5 Å². The number of carbonyl (C=O) groups is 2. The van der Waals surface area contributed by atoms with E-state index in [9.17, 15) is 19.1 Å². The van der Waals surface area contributed by atoms with Crippen LogP contribution in [0.25, 0.3) is 0 Å². The molecule has 2 aliphatic rings. The van der Waals surface area contributed by atoms with Crippen molar-refractivity contribution in [2.24, 2.45) is 5.41 Å². The monoisotopic (exact) mass is 561 g/mol. The smallest absolute Gasteiger partial charge is 0.307 e. The molecule has 2 heterocycles. The fourth-order valence-electron chi connectivity index (χ4n) is 5.66. The molecular weight excluding hydrogens is 527 g/mol. The lowest BCUT2D eigenvalue weighted by atomic mass is 9.73. The molecule has 194 valence electrons. The fraction of sp³-hybridized carbons (Fsp3) is 0.500. The van der Waals surface area contributed by atoms with Crippen LogP contribution in [0.2, 0.25) is 0 Å². The van der Waals surface area contributed by atoms with Crippen LogP contribution >= 0.6 is 15.9 Å². The molecule has 2 aromatic carbocycles. The van der Waals surface area contributed by atoms with Gasteiger partial charge in [-0.2, -0.15) is 0 Å². The number of nitrogens with one attached hydrogen (secondary N) is 1. The van der Waals surface area contributed by atoms with Crippen molar-refractivity contribution in [1.29, 1.82) is 0 Å². The Balaban J connectivity index is 1.38. The molecule has 2 N–H and O–H groups in total. The number of carboxylic acids is 1. The molecule has 1 amide bonds. The van der Waals surface area contributed by atoms with Crippen molar-refractivity contribution >= 4 is 27.8 Å². The van der Waals surface area contributed by atoms with Crippen LogP contribution < -0.4 is 9.64 Å². The first-order chi connectivity index (χ1) is 17.3. The van der Waals surface area contributed by atoms with Gasteiger partial charge in [0.25, 0.3) is 5.91 Å². The van der Waals surface area contributed by atoms with E-state index in [0.717, 1.165) is 35.8 Å². The predicted molar refractivity (Wildman–Crippen MR) is 139 cm³/mol. The van der Waals surface area contributed by atoms with Gasteiger partial charge in [0.15, 0.2) is 6.61 Å². The summed E-state index contributed by atoms with van der Waals surface area (Å²) in [6, 6.07) is 12.0. The molecule has 0 bridgehead atoms. The van der Waals surface area contributed by atoms with Crippen molar-refractivity contribution in [2.75, 3.05) is 39.3 Å². The third-order valence-electron chi connectivity index (χ3n) is 7.57. The largest absolute Gasteiger partial charge is 0.483 e. The standard InChI is InChI=1S/C28H34BrFN2O4/c29-23-6-9-25(22(16-23)17-27(34)35)36-19-26(33)32-14-10-28(11-15-32,20-31-12-2-1-3-13-31)18-21-4-7-24(30)8-5-21/h4-9,16H,1-3,10-15,17-20H2,(H,34,35)/p+1. The molecule has 0 unspecified atom stereocenters. The maximum Gasteiger partial charge on any atom is 0.307 e. The van der Waals surface area contributed by atoms with Gasteiger partial charge in [0.05, 0.1) is 26.1 Å². The fourth-order valence-corrected chi connectivity index (χ4v) is 6.07. The average Bonchev–Trinajstić information content (AvgIpc) is 2.85. The third-order valence-corrected chi connectivity index (χ3v) is 8.06. The molecule has 0 aliphatic carbocycles. The van der Waals surface area contributed by atoms with Gasteiger partial charge in [-0.25, -0.2) is 4.39 Å². The lowest BCUT2D eigenvalue weighted by molar-refractivity contribution is -0.912. The summed E-state index contributed by atoms with van der Waals surface area (Å²) in [5.41, 5.74) is 1.77. The van der Waals surface area contributed by atoms with Crippen molar-refractivity contribution in [3.63, 3.8) is 0 Å². The molecule has 0 spiro atoms. The summed E-state index contributed by atoms with van der Waals surface area (Å²) in [7, 11) is 0. The van der Waals surface area contributed by atoms with Crippen LogP contribution in [-0.2, 0) is 22.4 Å². The first-order valence-corrected chi connectivity index (χ1v) is 13.6. The lowest BCUT2D eigenvalue weighted by Crippen LogP contribution is -3.14. The minimum absolute atomic E-state index is 0.0834. The highest BCUT2D eigenvalue weighted by Gasteiger charge is 2.40. The zero-order chi connectivity index (χ0) is 25.5. The van der Waals surface area contributed by atoms with Crippen molar-refractivity contribution in [3.8, 4) is 5.75 Å². The Kier molecular flexibility index (Phi) is 9.01. The van der Waals surface area contributed by atoms with Crippen LogP contribution in [0.1, 0.15) is 43.2 Å². The van der Waals surface area contributed by atoms with E-state index >= 15 is 0 Å². The van der Waals surface area contributed by atoms with Gasteiger partial charge in [-0.1, -0.05) is 28.1 Å². The number of ether oxygens (including phenoxy) is 1. The van der Waals surface area contributed by atoms with Crippen LogP contribution in [0.4, 0.5) is 4.39 Å². The van der Waals surface area contributed by atoms with E-state index in [4.69, 9.17) is 4.74 Å². The number of hydrogen-bond donors (Lipinski definition) is 2. The average molecular weight is 563 g/mol. The Morgan fingerprint density at radius 2 is 1.75 bits per heavy atom. The third kappa shape index (κ3) is 7.29. The SMILES string of the molecule is O=C(O)Cc1cc(Br)ccc1OCC(=O)N1CCC(Cc2ccc(F)cc2)(C[NH+]2CCCCC2)CC1. The summed E-state index contributed by atoms with van der Waals surface area (Å²) < 4.78 is 20.0.